The van der Waals surface area contributed by atoms with E-state index >= 15 is 0 Å². The molecule has 16 heteroatoms. The van der Waals surface area contributed by atoms with Gasteiger partial charge in [0, 0.05) is 30.8 Å². The molecular formula is C37H44IN5O9S. The minimum absolute atomic E-state index is 0.0358. The highest BCUT2D eigenvalue weighted by atomic mass is 127. The summed E-state index contributed by atoms with van der Waals surface area (Å²) in [7, 11) is -3.95. The molecule has 4 bridgehead atoms. The maximum absolute atomic E-state index is 14.4. The summed E-state index contributed by atoms with van der Waals surface area (Å²) in [6.07, 6.45) is 8.36. The van der Waals surface area contributed by atoms with Crippen LogP contribution in [0.5, 0.6) is 5.88 Å². The number of carbonyl (C=O) groups excluding carboxylic acids is 5. The van der Waals surface area contributed by atoms with Crippen molar-refractivity contribution in [1.29, 1.82) is 0 Å². The molecule has 0 unspecified atom stereocenters. The van der Waals surface area contributed by atoms with Crippen LogP contribution in [0.15, 0.2) is 60.8 Å². The van der Waals surface area contributed by atoms with Crippen molar-refractivity contribution in [3.05, 3.63) is 66.4 Å². The third-order valence-electron chi connectivity index (χ3n) is 8.96. The van der Waals surface area contributed by atoms with E-state index in [1.807, 2.05) is 36.4 Å². The number of hydrogen-bond acceptors (Lipinski definition) is 10. The zero-order chi connectivity index (χ0) is 38.3. The number of ether oxygens (including phenoxy) is 2. The van der Waals surface area contributed by atoms with Crippen molar-refractivity contribution >= 4 is 79.1 Å². The zero-order valence-electron chi connectivity index (χ0n) is 29.6. The van der Waals surface area contributed by atoms with E-state index in [1.165, 1.54) is 17.1 Å². The van der Waals surface area contributed by atoms with E-state index in [-0.39, 0.29) is 44.6 Å². The second-order valence-electron chi connectivity index (χ2n) is 13.6. The first-order valence-electron chi connectivity index (χ1n) is 17.5. The van der Waals surface area contributed by atoms with Crippen LogP contribution in [0.25, 0.3) is 16.8 Å². The van der Waals surface area contributed by atoms with Gasteiger partial charge in [-0.1, -0.05) is 35.9 Å². The van der Waals surface area contributed by atoms with Gasteiger partial charge in [0.25, 0.3) is 5.91 Å². The molecule has 1 aromatic heterocycles. The van der Waals surface area contributed by atoms with Gasteiger partial charge >= 0.3 is 6.09 Å². The Balaban J connectivity index is 1.49. The Morgan fingerprint density at radius 2 is 1.96 bits per heavy atom. The van der Waals surface area contributed by atoms with Crippen LogP contribution in [0.4, 0.5) is 4.79 Å². The fourth-order valence-electron chi connectivity index (χ4n) is 6.15. The van der Waals surface area contributed by atoms with Gasteiger partial charge in [-0.3, -0.25) is 23.9 Å². The van der Waals surface area contributed by atoms with Gasteiger partial charge < -0.3 is 25.0 Å². The van der Waals surface area contributed by atoms with Crippen LogP contribution in [0, 0.1) is 0 Å². The number of ketones is 1. The van der Waals surface area contributed by atoms with Gasteiger partial charge in [0.05, 0.1) is 18.4 Å². The van der Waals surface area contributed by atoms with Crippen molar-refractivity contribution in [2.24, 2.45) is 0 Å². The molecule has 4 amide bonds. The van der Waals surface area contributed by atoms with Gasteiger partial charge in [0.1, 0.15) is 18.2 Å². The number of allylic oxidation sites excluding steroid dienone is 3. The number of pyridine rings is 1. The van der Waals surface area contributed by atoms with Gasteiger partial charge in [0.2, 0.25) is 27.7 Å². The average molecular weight is 862 g/mol. The molecule has 284 valence electrons. The maximum atomic E-state index is 14.4. The summed E-state index contributed by atoms with van der Waals surface area (Å²) in [5, 5.41) is 6.18. The average Bonchev–Trinajstić information content (AvgIpc) is 3.88. The van der Waals surface area contributed by atoms with Gasteiger partial charge in [-0.15, -0.1) is 6.58 Å². The summed E-state index contributed by atoms with van der Waals surface area (Å²) in [6.45, 7) is 7.18. The minimum Gasteiger partial charge on any atom is -0.472 e. The number of cyclic esters (lactones) is 1. The molecule has 14 nitrogen and oxygen atoms in total. The number of carbonyl (C=O) groups is 5. The Hall–Kier alpha value is -4.32. The lowest BCUT2D eigenvalue weighted by Crippen LogP contribution is -2.60. The predicted molar refractivity (Wildman–Crippen MR) is 206 cm³/mol. The minimum atomic E-state index is -3.95. The summed E-state index contributed by atoms with van der Waals surface area (Å²) < 4.78 is 37.4. The second kappa shape index (κ2) is 17.2. The molecule has 5 rings (SSSR count). The summed E-state index contributed by atoms with van der Waals surface area (Å²) in [4.78, 5) is 73.4. The Kier molecular flexibility index (Phi) is 13.0. The highest BCUT2D eigenvalue weighted by Gasteiger charge is 2.48. The summed E-state index contributed by atoms with van der Waals surface area (Å²) in [6, 6.07) is 5.17. The number of amides is 4. The Morgan fingerprint density at radius 1 is 1.19 bits per heavy atom. The monoisotopic (exact) mass is 861 g/mol. The molecule has 3 aliphatic rings. The number of nitrogens with one attached hydrogen (secondary N) is 3. The summed E-state index contributed by atoms with van der Waals surface area (Å²) in [5.74, 6) is -2.33. The quantitative estimate of drug-likeness (QED) is 0.0970. The van der Waals surface area contributed by atoms with Crippen LogP contribution in [0.2, 0.25) is 0 Å². The molecule has 2 aliphatic heterocycles. The number of nitrogens with zero attached hydrogens (tertiary/aromatic N) is 2. The van der Waals surface area contributed by atoms with Crippen LogP contribution >= 0.6 is 22.6 Å². The third-order valence-corrected chi connectivity index (χ3v) is 12.0. The van der Waals surface area contributed by atoms with Crippen molar-refractivity contribution in [2.75, 3.05) is 13.2 Å². The lowest BCUT2D eigenvalue weighted by atomic mass is 10.1. The van der Waals surface area contributed by atoms with E-state index in [1.54, 1.807) is 42.6 Å². The molecule has 4 atom stereocenters. The van der Waals surface area contributed by atoms with Crippen molar-refractivity contribution in [3.8, 4) is 5.88 Å². The first kappa shape index (κ1) is 39.9. The van der Waals surface area contributed by atoms with Crippen LogP contribution in [-0.2, 0) is 33.9 Å². The summed E-state index contributed by atoms with van der Waals surface area (Å²) >= 11 is 1.68. The molecule has 3 N–H and O–H groups in total. The van der Waals surface area contributed by atoms with Crippen LogP contribution in [0.3, 0.4) is 0 Å². The standard InChI is InChI=1S/C37H44IN5O9S/c1-4-16-37(38,35(47)42-53(49,50)28-12-13-28)41-32(45)31-21-27-22-43(31)34(46)30(14-11-26(44)19-23(2)3)40-36(48)51-18-7-5-6-8-24-9-10-25-15-17-39-33(52-27)29(25)20-24/h4,6,8-10,15,17,19-20,27-28,30-31H,1,5,7,11-14,16,18,21-22H2,2-3H3,(H,40,48)(H,41,45)(H,42,47)/b8-6+/t27-,30+,31+,37-/m1/s1. The normalized spacial score (nSPS) is 22.5. The number of hydrogen-bond donors (Lipinski definition) is 3. The molecule has 3 heterocycles. The molecule has 53 heavy (non-hydrogen) atoms. The molecule has 2 fully saturated rings. The maximum Gasteiger partial charge on any atom is 0.407 e. The topological polar surface area (TPSA) is 190 Å². The Bertz CT molecular complexity index is 1940. The number of rotatable bonds is 11. The SMILES string of the molecule is C=CC[C@@](I)(NC(=O)[C@@H]1C[C@@H]2CN1C(=O)[C@H](CCC(=O)C=C(C)C)NC(=O)OCCC/C=C/c1ccc3ccnc(c3c1)O2)C(=O)NS(=O)(=O)C1CC1. The molecule has 1 aliphatic carbocycles. The fourth-order valence-corrected chi connectivity index (χ4v) is 8.40. The van der Waals surface area contributed by atoms with Crippen molar-refractivity contribution in [3.63, 3.8) is 0 Å². The number of alkyl carbamates (subject to hydrolysis) is 1. The van der Waals surface area contributed by atoms with E-state index in [4.69, 9.17) is 9.47 Å². The fraction of sp³-hybridized carbons (Fsp3) is 0.459. The Labute approximate surface area is 322 Å². The Morgan fingerprint density at radius 3 is 2.68 bits per heavy atom. The van der Waals surface area contributed by atoms with Gasteiger partial charge in [-0.2, -0.15) is 0 Å². The van der Waals surface area contributed by atoms with E-state index in [0.717, 1.165) is 21.9 Å². The number of halogens is 1. The number of aromatic nitrogens is 1. The van der Waals surface area contributed by atoms with E-state index in [9.17, 15) is 32.4 Å². The van der Waals surface area contributed by atoms with E-state index < -0.39 is 60.8 Å². The highest BCUT2D eigenvalue weighted by Crippen LogP contribution is 2.32. The lowest BCUT2D eigenvalue weighted by molar-refractivity contribution is -0.141. The van der Waals surface area contributed by atoms with Crippen molar-refractivity contribution in [2.45, 2.75) is 92.2 Å². The van der Waals surface area contributed by atoms with Crippen molar-refractivity contribution in [1.82, 2.24) is 25.2 Å². The van der Waals surface area contributed by atoms with Gasteiger partial charge in [-0.05, 0) is 97.7 Å². The lowest BCUT2D eigenvalue weighted by Gasteiger charge is -2.32. The first-order chi connectivity index (χ1) is 25.2. The smallest absolute Gasteiger partial charge is 0.407 e. The number of benzene rings is 1. The molecule has 0 radical (unpaired) electrons. The van der Waals surface area contributed by atoms with Crippen LogP contribution in [0.1, 0.15) is 70.8 Å². The second-order valence-corrected chi connectivity index (χ2v) is 17.4. The van der Waals surface area contributed by atoms with E-state index in [0.29, 0.717) is 31.6 Å². The third kappa shape index (κ3) is 10.4. The first-order valence-corrected chi connectivity index (χ1v) is 20.1. The highest BCUT2D eigenvalue weighted by molar-refractivity contribution is 14.1. The number of sulfonamides is 1. The van der Waals surface area contributed by atoms with Crippen LogP contribution < -0.4 is 20.1 Å². The molecule has 0 spiro atoms. The van der Waals surface area contributed by atoms with Crippen LogP contribution in [-0.4, -0.2) is 88.0 Å². The molecule has 1 aromatic carbocycles. The number of alkyl halides is 1. The molecule has 2 aromatic rings. The van der Waals surface area contributed by atoms with E-state index in [2.05, 4.69) is 26.9 Å². The molecule has 1 saturated heterocycles. The van der Waals surface area contributed by atoms with Gasteiger partial charge in [0.15, 0.2) is 9.33 Å². The summed E-state index contributed by atoms with van der Waals surface area (Å²) in [5.41, 5.74) is 1.66. The largest absolute Gasteiger partial charge is 0.472 e. The zero-order valence-corrected chi connectivity index (χ0v) is 32.6. The van der Waals surface area contributed by atoms with Gasteiger partial charge in [-0.25, -0.2) is 18.2 Å². The molecule has 1 saturated carbocycles. The predicted octanol–water partition coefficient (Wildman–Crippen LogP) is 4.23. The van der Waals surface area contributed by atoms with Crippen molar-refractivity contribution < 1.29 is 41.9 Å². The molecular weight excluding hydrogens is 817 g/mol. The number of fused-ring (bicyclic) bond motifs is 3.